The highest BCUT2D eigenvalue weighted by atomic mass is 19.1. The Labute approximate surface area is 140 Å². The number of fused-ring (bicyclic) bond motifs is 2. The zero-order valence-corrected chi connectivity index (χ0v) is 12.8. The minimum absolute atomic E-state index is 0.0910. The molecule has 0 unspecified atom stereocenters. The number of pyridine rings is 1. The van der Waals surface area contributed by atoms with E-state index in [1.807, 2.05) is 6.07 Å². The summed E-state index contributed by atoms with van der Waals surface area (Å²) in [5.74, 6) is -1.25. The first kappa shape index (κ1) is 15.0. The average molecular weight is 334 g/mol. The Hall–Kier alpha value is -3.54. The van der Waals surface area contributed by atoms with E-state index in [9.17, 15) is 14.0 Å². The van der Waals surface area contributed by atoms with Gasteiger partial charge in [-0.15, -0.1) is 0 Å². The first-order chi connectivity index (χ1) is 12.1. The van der Waals surface area contributed by atoms with Gasteiger partial charge in [0.15, 0.2) is 5.76 Å². The van der Waals surface area contributed by atoms with Crippen molar-refractivity contribution in [1.29, 1.82) is 0 Å². The van der Waals surface area contributed by atoms with Gasteiger partial charge in [-0.05, 0) is 47.9 Å². The van der Waals surface area contributed by atoms with Crippen LogP contribution in [0.2, 0.25) is 0 Å². The quantitative estimate of drug-likeness (QED) is 0.606. The monoisotopic (exact) mass is 334 g/mol. The predicted molar refractivity (Wildman–Crippen MR) is 92.1 cm³/mol. The maximum absolute atomic E-state index is 13.2. The Morgan fingerprint density at radius 3 is 2.80 bits per heavy atom. The Balaban J connectivity index is 1.69. The summed E-state index contributed by atoms with van der Waals surface area (Å²) in [5, 5.41) is 4.08. The van der Waals surface area contributed by atoms with Crippen LogP contribution < -0.4 is 10.9 Å². The largest absolute Gasteiger partial charge is 0.417 e. The van der Waals surface area contributed by atoms with Gasteiger partial charge < -0.3 is 9.73 Å². The minimum Gasteiger partial charge on any atom is -0.417 e. The van der Waals surface area contributed by atoms with E-state index in [2.05, 4.69) is 10.3 Å². The molecular formula is C19H11FN2O3. The Morgan fingerprint density at radius 2 is 1.92 bits per heavy atom. The van der Waals surface area contributed by atoms with Crippen molar-refractivity contribution in [3.63, 3.8) is 0 Å². The lowest BCUT2D eigenvalue weighted by Gasteiger charge is -2.06. The molecule has 0 radical (unpaired) electrons. The standard InChI is InChI=1S/C19H11FN2O3/c20-13-4-3-11-9-17(25-19(24)15(11)10-13)18(23)22-14-5-6-16-12(8-14)2-1-7-21-16/h1-10H,(H,22,23). The summed E-state index contributed by atoms with van der Waals surface area (Å²) in [5.41, 5.74) is 0.594. The lowest BCUT2D eigenvalue weighted by molar-refractivity contribution is 0.0993. The van der Waals surface area contributed by atoms with Gasteiger partial charge in [0.05, 0.1) is 10.9 Å². The first-order valence-corrected chi connectivity index (χ1v) is 7.50. The lowest BCUT2D eigenvalue weighted by atomic mass is 10.1. The van der Waals surface area contributed by atoms with Crippen molar-refractivity contribution < 1.29 is 13.6 Å². The molecule has 6 heteroatoms. The highest BCUT2D eigenvalue weighted by molar-refractivity contribution is 6.04. The zero-order chi connectivity index (χ0) is 17.4. The number of nitrogens with zero attached hydrogens (tertiary/aromatic N) is 1. The summed E-state index contributed by atoms with van der Waals surface area (Å²) in [6.45, 7) is 0. The Bertz CT molecular complexity index is 1180. The van der Waals surface area contributed by atoms with Crippen LogP contribution in [0.1, 0.15) is 10.6 Å². The molecule has 4 aromatic rings. The van der Waals surface area contributed by atoms with Gasteiger partial charge >= 0.3 is 5.63 Å². The van der Waals surface area contributed by atoms with Crippen molar-refractivity contribution in [2.24, 2.45) is 0 Å². The molecule has 0 saturated heterocycles. The molecule has 0 aliphatic rings. The molecule has 0 aliphatic carbocycles. The highest BCUT2D eigenvalue weighted by Crippen LogP contribution is 2.19. The predicted octanol–water partition coefficient (Wildman–Crippen LogP) is 3.73. The van der Waals surface area contributed by atoms with Crippen LogP contribution in [-0.4, -0.2) is 10.9 Å². The maximum atomic E-state index is 13.2. The van der Waals surface area contributed by atoms with Crippen LogP contribution in [0.15, 0.2) is 70.0 Å². The molecule has 1 amide bonds. The number of carbonyl (C=O) groups is 1. The van der Waals surface area contributed by atoms with Gasteiger partial charge in [0.25, 0.3) is 5.91 Å². The molecule has 2 heterocycles. The van der Waals surface area contributed by atoms with Gasteiger partial charge in [-0.2, -0.15) is 0 Å². The average Bonchev–Trinajstić information content (AvgIpc) is 2.62. The van der Waals surface area contributed by atoms with Crippen LogP contribution in [0.5, 0.6) is 0 Å². The fraction of sp³-hybridized carbons (Fsp3) is 0. The third-order valence-corrected chi connectivity index (χ3v) is 3.81. The van der Waals surface area contributed by atoms with Crippen molar-refractivity contribution in [3.8, 4) is 0 Å². The van der Waals surface area contributed by atoms with Crippen molar-refractivity contribution in [2.45, 2.75) is 0 Å². The highest BCUT2D eigenvalue weighted by Gasteiger charge is 2.13. The third-order valence-electron chi connectivity index (χ3n) is 3.81. The van der Waals surface area contributed by atoms with Gasteiger partial charge in [0.2, 0.25) is 0 Å². The number of amides is 1. The molecule has 2 aromatic carbocycles. The smallest absolute Gasteiger partial charge is 0.344 e. The van der Waals surface area contributed by atoms with E-state index in [0.29, 0.717) is 11.1 Å². The number of benzene rings is 2. The number of anilines is 1. The molecule has 0 atom stereocenters. The molecule has 2 aromatic heterocycles. The summed E-state index contributed by atoms with van der Waals surface area (Å²) in [6, 6.07) is 14.1. The molecule has 122 valence electrons. The van der Waals surface area contributed by atoms with E-state index in [-0.39, 0.29) is 11.1 Å². The van der Waals surface area contributed by atoms with E-state index in [4.69, 9.17) is 4.42 Å². The molecule has 0 fully saturated rings. The topological polar surface area (TPSA) is 72.2 Å². The summed E-state index contributed by atoms with van der Waals surface area (Å²) in [6.07, 6.45) is 1.69. The molecule has 1 N–H and O–H groups in total. The van der Waals surface area contributed by atoms with Crippen molar-refractivity contribution >= 4 is 33.3 Å². The second-order valence-electron chi connectivity index (χ2n) is 5.49. The number of rotatable bonds is 2. The Kier molecular flexibility index (Phi) is 3.50. The number of hydrogen-bond acceptors (Lipinski definition) is 4. The lowest BCUT2D eigenvalue weighted by Crippen LogP contribution is -2.15. The second kappa shape index (κ2) is 5.83. The first-order valence-electron chi connectivity index (χ1n) is 7.50. The molecule has 0 spiro atoms. The van der Waals surface area contributed by atoms with Gasteiger partial charge in [0, 0.05) is 17.3 Å². The van der Waals surface area contributed by atoms with Crippen LogP contribution in [-0.2, 0) is 0 Å². The van der Waals surface area contributed by atoms with E-state index < -0.39 is 17.3 Å². The maximum Gasteiger partial charge on any atom is 0.344 e. The van der Waals surface area contributed by atoms with Gasteiger partial charge in [0.1, 0.15) is 5.82 Å². The normalized spacial score (nSPS) is 10.9. The van der Waals surface area contributed by atoms with Gasteiger partial charge in [-0.25, -0.2) is 9.18 Å². The van der Waals surface area contributed by atoms with Crippen LogP contribution in [0, 0.1) is 5.82 Å². The summed E-state index contributed by atoms with van der Waals surface area (Å²) >= 11 is 0. The number of aromatic nitrogens is 1. The molecule has 4 rings (SSSR count). The molecular weight excluding hydrogens is 323 g/mol. The van der Waals surface area contributed by atoms with E-state index >= 15 is 0 Å². The van der Waals surface area contributed by atoms with E-state index in [0.717, 1.165) is 17.0 Å². The zero-order valence-electron chi connectivity index (χ0n) is 12.8. The Morgan fingerprint density at radius 1 is 1.04 bits per heavy atom. The van der Waals surface area contributed by atoms with Gasteiger partial charge in [-0.1, -0.05) is 12.1 Å². The molecule has 0 saturated carbocycles. The van der Waals surface area contributed by atoms with Crippen molar-refractivity contribution in [2.75, 3.05) is 5.32 Å². The molecule has 0 aliphatic heterocycles. The summed E-state index contributed by atoms with van der Waals surface area (Å²) < 4.78 is 18.2. The van der Waals surface area contributed by atoms with E-state index in [1.54, 1.807) is 30.5 Å². The van der Waals surface area contributed by atoms with Crippen LogP contribution in [0.25, 0.3) is 21.7 Å². The van der Waals surface area contributed by atoms with Crippen LogP contribution >= 0.6 is 0 Å². The number of hydrogen-bond donors (Lipinski definition) is 1. The van der Waals surface area contributed by atoms with E-state index in [1.165, 1.54) is 18.2 Å². The number of halogens is 1. The minimum atomic E-state index is -0.759. The van der Waals surface area contributed by atoms with Crippen LogP contribution in [0.3, 0.4) is 0 Å². The fourth-order valence-corrected chi connectivity index (χ4v) is 2.61. The fourth-order valence-electron chi connectivity index (χ4n) is 2.61. The SMILES string of the molecule is O=C(Nc1ccc2ncccc2c1)c1cc2ccc(F)cc2c(=O)o1. The third kappa shape index (κ3) is 2.85. The number of nitrogens with one attached hydrogen (secondary N) is 1. The molecule has 0 bridgehead atoms. The second-order valence-corrected chi connectivity index (χ2v) is 5.49. The number of carbonyl (C=O) groups excluding carboxylic acids is 1. The van der Waals surface area contributed by atoms with Crippen LogP contribution in [0.4, 0.5) is 10.1 Å². The summed E-state index contributed by atoms with van der Waals surface area (Å²) in [4.78, 5) is 28.6. The van der Waals surface area contributed by atoms with Crippen molar-refractivity contribution in [1.82, 2.24) is 4.98 Å². The summed E-state index contributed by atoms with van der Waals surface area (Å²) in [7, 11) is 0. The van der Waals surface area contributed by atoms with Crippen molar-refractivity contribution in [3.05, 3.63) is 82.8 Å². The molecule has 5 nitrogen and oxygen atoms in total. The van der Waals surface area contributed by atoms with Gasteiger partial charge in [-0.3, -0.25) is 9.78 Å². The molecule has 25 heavy (non-hydrogen) atoms.